The van der Waals surface area contributed by atoms with Crippen LogP contribution in [-0.2, 0) is 9.59 Å². The van der Waals surface area contributed by atoms with Gasteiger partial charge in [-0.25, -0.2) is 9.59 Å². The molecule has 0 saturated carbocycles. The highest BCUT2D eigenvalue weighted by atomic mass is 16.4. The van der Waals surface area contributed by atoms with E-state index in [1.165, 1.54) is 77.0 Å². The van der Waals surface area contributed by atoms with Crippen LogP contribution in [0.15, 0.2) is 24.3 Å². The minimum Gasteiger partial charge on any atom is -0.478 e. The number of carboxylic acids is 2. The lowest BCUT2D eigenvalue weighted by molar-refractivity contribution is -0.133. The standard InChI is InChI=1S/C16H30O2.C12H22O2/c1-3-4-5-6-7-8-9-10-11-12-13-14-15(2)16(17)18;1-4-6-7-11(5-2)9-8-10(3)12(13)14/h2-14H2,1H3,(H,17,18);11H,3-9H2,1-2H3,(H,13,14). The first-order valence-electron chi connectivity index (χ1n) is 13.1. The molecule has 0 aromatic heterocycles. The van der Waals surface area contributed by atoms with Crippen LogP contribution in [0.3, 0.4) is 0 Å². The molecule has 4 heteroatoms. The van der Waals surface area contributed by atoms with E-state index in [9.17, 15) is 9.59 Å². The molecule has 0 aliphatic rings. The normalized spacial score (nSPS) is 11.3. The van der Waals surface area contributed by atoms with Gasteiger partial charge in [-0.3, -0.25) is 0 Å². The molecule has 0 rings (SSSR count). The summed E-state index contributed by atoms with van der Waals surface area (Å²) in [5.74, 6) is -1.02. The Balaban J connectivity index is 0. The average molecular weight is 453 g/mol. The van der Waals surface area contributed by atoms with Crippen LogP contribution in [0.5, 0.6) is 0 Å². The monoisotopic (exact) mass is 452 g/mol. The van der Waals surface area contributed by atoms with Crippen molar-refractivity contribution in [3.05, 3.63) is 24.3 Å². The van der Waals surface area contributed by atoms with Gasteiger partial charge in [0.25, 0.3) is 0 Å². The van der Waals surface area contributed by atoms with Crippen LogP contribution in [-0.4, -0.2) is 22.2 Å². The highest BCUT2D eigenvalue weighted by Crippen LogP contribution is 2.20. The van der Waals surface area contributed by atoms with Crippen molar-refractivity contribution in [3.8, 4) is 0 Å². The van der Waals surface area contributed by atoms with Gasteiger partial charge in [0.05, 0.1) is 0 Å². The summed E-state index contributed by atoms with van der Waals surface area (Å²) in [4.78, 5) is 21.0. The van der Waals surface area contributed by atoms with Crippen LogP contribution in [0.4, 0.5) is 0 Å². The zero-order chi connectivity index (χ0) is 24.6. The summed E-state index contributed by atoms with van der Waals surface area (Å²) in [6.07, 6.45) is 21.3. The second-order valence-electron chi connectivity index (χ2n) is 9.06. The van der Waals surface area contributed by atoms with Crippen molar-refractivity contribution in [1.29, 1.82) is 0 Å². The first-order chi connectivity index (χ1) is 15.3. The van der Waals surface area contributed by atoms with Crippen molar-refractivity contribution in [1.82, 2.24) is 0 Å². The van der Waals surface area contributed by atoms with Crippen LogP contribution in [0.2, 0.25) is 0 Å². The Labute approximate surface area is 198 Å². The van der Waals surface area contributed by atoms with E-state index in [0.29, 0.717) is 29.9 Å². The molecule has 0 saturated heterocycles. The second kappa shape index (κ2) is 24.1. The smallest absolute Gasteiger partial charge is 0.330 e. The first-order valence-corrected chi connectivity index (χ1v) is 13.1. The van der Waals surface area contributed by atoms with Crippen LogP contribution in [0, 0.1) is 5.92 Å². The van der Waals surface area contributed by atoms with E-state index in [2.05, 4.69) is 33.9 Å². The average Bonchev–Trinajstić information content (AvgIpc) is 2.77. The fraction of sp³-hybridized carbons (Fsp3) is 0.786. The molecule has 4 nitrogen and oxygen atoms in total. The maximum Gasteiger partial charge on any atom is 0.330 e. The van der Waals surface area contributed by atoms with Gasteiger partial charge < -0.3 is 10.2 Å². The Morgan fingerprint density at radius 2 is 1.00 bits per heavy atom. The molecule has 0 amide bonds. The quantitative estimate of drug-likeness (QED) is 0.135. The molecule has 1 unspecified atom stereocenters. The lowest BCUT2D eigenvalue weighted by atomic mass is 9.93. The SMILES string of the molecule is C=C(CCC(CC)CCCC)C(=O)O.C=C(CCCCCCCCCCCCC)C(=O)O. The van der Waals surface area contributed by atoms with Gasteiger partial charge in [0.15, 0.2) is 0 Å². The molecule has 0 fully saturated rings. The molecule has 32 heavy (non-hydrogen) atoms. The second-order valence-corrected chi connectivity index (χ2v) is 9.06. The van der Waals surface area contributed by atoms with E-state index >= 15 is 0 Å². The van der Waals surface area contributed by atoms with Crippen molar-refractivity contribution >= 4 is 11.9 Å². The molecule has 2 N–H and O–H groups in total. The summed E-state index contributed by atoms with van der Waals surface area (Å²) in [5, 5.41) is 17.3. The lowest BCUT2D eigenvalue weighted by Gasteiger charge is -2.13. The molecule has 0 heterocycles. The van der Waals surface area contributed by atoms with E-state index in [4.69, 9.17) is 10.2 Å². The Kier molecular flexibility index (Phi) is 24.5. The van der Waals surface area contributed by atoms with Crippen LogP contribution >= 0.6 is 0 Å². The number of carboxylic acid groups (broad SMARTS) is 2. The Hall–Kier alpha value is -1.58. The zero-order valence-electron chi connectivity index (χ0n) is 21.4. The van der Waals surface area contributed by atoms with Crippen LogP contribution in [0.25, 0.3) is 0 Å². The third kappa shape index (κ3) is 23.1. The van der Waals surface area contributed by atoms with Gasteiger partial charge in [0.1, 0.15) is 0 Å². The molecule has 0 spiro atoms. The predicted octanol–water partition coefficient (Wildman–Crippen LogP) is 8.95. The fourth-order valence-electron chi connectivity index (χ4n) is 3.64. The van der Waals surface area contributed by atoms with Crippen LogP contribution in [0.1, 0.15) is 136 Å². The molecule has 188 valence electrons. The Bertz CT molecular complexity index is 496. The summed E-state index contributed by atoms with van der Waals surface area (Å²) in [6, 6.07) is 0. The lowest BCUT2D eigenvalue weighted by Crippen LogP contribution is -2.04. The molecule has 0 aromatic carbocycles. The van der Waals surface area contributed by atoms with Gasteiger partial charge in [-0.15, -0.1) is 0 Å². The predicted molar refractivity (Wildman–Crippen MR) is 137 cm³/mol. The Morgan fingerprint density at radius 3 is 1.41 bits per heavy atom. The van der Waals surface area contributed by atoms with Crippen molar-refractivity contribution < 1.29 is 19.8 Å². The van der Waals surface area contributed by atoms with Gasteiger partial charge in [-0.2, -0.15) is 0 Å². The highest BCUT2D eigenvalue weighted by molar-refractivity contribution is 5.85. The van der Waals surface area contributed by atoms with Crippen molar-refractivity contribution in [2.24, 2.45) is 5.92 Å². The summed E-state index contributed by atoms with van der Waals surface area (Å²) >= 11 is 0. The van der Waals surface area contributed by atoms with E-state index in [0.717, 1.165) is 25.7 Å². The van der Waals surface area contributed by atoms with Crippen molar-refractivity contribution in [2.45, 2.75) is 136 Å². The topological polar surface area (TPSA) is 74.6 Å². The van der Waals surface area contributed by atoms with Gasteiger partial charge in [-0.1, -0.05) is 124 Å². The minimum absolute atomic E-state index is 0.347. The number of carbonyl (C=O) groups is 2. The summed E-state index contributed by atoms with van der Waals surface area (Å²) in [5.41, 5.74) is 0.700. The zero-order valence-corrected chi connectivity index (χ0v) is 21.4. The van der Waals surface area contributed by atoms with Crippen molar-refractivity contribution in [2.75, 3.05) is 0 Å². The minimum atomic E-state index is -0.852. The molecule has 1 atom stereocenters. The van der Waals surface area contributed by atoms with Gasteiger partial charge in [-0.05, 0) is 31.6 Å². The van der Waals surface area contributed by atoms with Crippen LogP contribution < -0.4 is 0 Å². The maximum atomic E-state index is 10.5. The third-order valence-corrected chi connectivity index (χ3v) is 6.08. The maximum absolute atomic E-state index is 10.5. The third-order valence-electron chi connectivity index (χ3n) is 6.08. The molecular weight excluding hydrogens is 400 g/mol. The number of hydrogen-bond donors (Lipinski definition) is 2. The summed E-state index contributed by atoms with van der Waals surface area (Å²) < 4.78 is 0. The van der Waals surface area contributed by atoms with Gasteiger partial charge in [0.2, 0.25) is 0 Å². The van der Waals surface area contributed by atoms with E-state index in [1.807, 2.05) is 0 Å². The molecule has 0 aromatic rings. The molecule has 0 aliphatic heterocycles. The van der Waals surface area contributed by atoms with E-state index in [1.54, 1.807) is 0 Å². The van der Waals surface area contributed by atoms with Gasteiger partial charge >= 0.3 is 11.9 Å². The largest absolute Gasteiger partial charge is 0.478 e. The number of aliphatic carboxylic acids is 2. The number of rotatable bonds is 21. The molecule has 0 radical (unpaired) electrons. The molecular formula is C28H52O4. The number of hydrogen-bond acceptors (Lipinski definition) is 2. The van der Waals surface area contributed by atoms with E-state index in [-0.39, 0.29) is 0 Å². The van der Waals surface area contributed by atoms with Gasteiger partial charge in [0, 0.05) is 11.1 Å². The summed E-state index contributed by atoms with van der Waals surface area (Å²) in [7, 11) is 0. The first kappa shape index (κ1) is 32.6. The van der Waals surface area contributed by atoms with Crippen molar-refractivity contribution in [3.63, 3.8) is 0 Å². The van der Waals surface area contributed by atoms with E-state index < -0.39 is 11.9 Å². The Morgan fingerprint density at radius 1 is 0.594 bits per heavy atom. The molecule has 0 bridgehead atoms. The fourth-order valence-corrected chi connectivity index (χ4v) is 3.64. The molecule has 0 aliphatic carbocycles. The number of unbranched alkanes of at least 4 members (excludes halogenated alkanes) is 11. The highest BCUT2D eigenvalue weighted by Gasteiger charge is 2.09. The summed E-state index contributed by atoms with van der Waals surface area (Å²) in [6.45, 7) is 13.7.